The first-order valence-corrected chi connectivity index (χ1v) is 40.7. The first-order chi connectivity index (χ1) is 59.5. The van der Waals surface area contributed by atoms with Gasteiger partial charge in [0.05, 0.1) is 55.5 Å². The standard InChI is InChI=1S/C56H36N4.C55H35N5/c1-4-15-37(16-5-1)41-21-14-22-44(34-41)60-51-25-12-10-23-46(51)47-31-32-53-54(55(47)60)48-24-11-13-26-52(48)59(53)45-30-29-38-27-28-42(33-43(38)35-45)50-36-49(39-17-6-2-7-18-39)57-56(58-50)40-19-8-3-9-20-40;1-4-15-36(16-5-1)40-21-14-22-43(34-40)60-48-25-12-10-23-45(48)46-31-32-50-51(52(46)60)47-24-11-13-26-49(47)59(50)44-30-29-37-27-28-41(33-42(37)35-44)55-57-53(38-17-6-2-7-18-38)56-54(58-55)39-19-8-3-9-20-39/h1-36H;1-35H. The summed E-state index contributed by atoms with van der Waals surface area (Å²) < 4.78 is 9.79. The first-order valence-electron chi connectivity index (χ1n) is 40.7. The largest absolute Gasteiger partial charge is 0.309 e. The SMILES string of the molecule is c1ccc(-c2cccc(-n3c4ccccc4c4ccc5c(c6ccccc6n5-c5ccc6ccc(-c7cc(-c8ccccc8)nc(-c8ccccc8)n7)cc6c5)c43)c2)cc1.c1ccc(-c2cccc(-n3c4ccccc4c4ccc5c(c6ccccc6n5-c5ccc6ccc(-c7nc(-c8ccccc8)nc(-c8ccccc8)n7)cc6c5)c43)c2)cc1. The average molecular weight is 1530 g/mol. The Kier molecular flexibility index (Phi) is 16.7. The number of rotatable bonds is 12. The fourth-order valence-electron chi connectivity index (χ4n) is 18.1. The lowest BCUT2D eigenvalue weighted by atomic mass is 10.0. The van der Waals surface area contributed by atoms with Crippen LogP contribution in [0.4, 0.5) is 0 Å². The molecule has 9 heteroatoms. The van der Waals surface area contributed by atoms with Gasteiger partial charge < -0.3 is 18.3 Å². The summed E-state index contributed by atoms with van der Waals surface area (Å²) in [5.74, 6) is 2.64. The summed E-state index contributed by atoms with van der Waals surface area (Å²) in [6, 6.07) is 153. The predicted molar refractivity (Wildman–Crippen MR) is 498 cm³/mol. The Morgan fingerprint density at radius 3 is 0.900 bits per heavy atom. The Labute approximate surface area is 691 Å². The van der Waals surface area contributed by atoms with Crippen LogP contribution < -0.4 is 0 Å². The van der Waals surface area contributed by atoms with Crippen molar-refractivity contribution < 1.29 is 0 Å². The molecule has 0 amide bonds. The number of para-hydroxylation sites is 4. The van der Waals surface area contributed by atoms with Crippen LogP contribution >= 0.6 is 0 Å². The van der Waals surface area contributed by atoms with Gasteiger partial charge in [0.1, 0.15) is 0 Å². The highest BCUT2D eigenvalue weighted by Crippen LogP contribution is 2.46. The minimum Gasteiger partial charge on any atom is -0.309 e. The lowest BCUT2D eigenvalue weighted by Crippen LogP contribution is -2.00. The van der Waals surface area contributed by atoms with E-state index in [1.165, 1.54) is 104 Å². The summed E-state index contributed by atoms with van der Waals surface area (Å²) in [6.45, 7) is 0. The summed E-state index contributed by atoms with van der Waals surface area (Å²) >= 11 is 0. The second kappa shape index (κ2) is 28.9. The molecule has 0 bridgehead atoms. The summed E-state index contributed by atoms with van der Waals surface area (Å²) in [5, 5.41) is 14.4. The molecule has 6 aromatic heterocycles. The minimum absolute atomic E-state index is 0.637. The molecule has 0 aliphatic carbocycles. The van der Waals surface area contributed by atoms with Crippen LogP contribution in [0.25, 0.3) is 222 Å². The highest BCUT2D eigenvalue weighted by Gasteiger charge is 2.25. The van der Waals surface area contributed by atoms with Crippen LogP contribution in [0, 0.1) is 0 Å². The molecule has 560 valence electrons. The molecule has 0 spiro atoms. The van der Waals surface area contributed by atoms with E-state index in [0.717, 1.165) is 94.7 Å². The molecule has 0 saturated carbocycles. The maximum atomic E-state index is 5.14. The van der Waals surface area contributed by atoms with Gasteiger partial charge in [-0.1, -0.05) is 328 Å². The van der Waals surface area contributed by atoms with E-state index in [-0.39, 0.29) is 0 Å². The molecule has 0 fully saturated rings. The molecule has 120 heavy (non-hydrogen) atoms. The molecule has 0 saturated heterocycles. The van der Waals surface area contributed by atoms with E-state index in [0.29, 0.717) is 23.3 Å². The number of nitrogens with zero attached hydrogens (tertiary/aromatic N) is 9. The van der Waals surface area contributed by atoms with Crippen molar-refractivity contribution in [1.29, 1.82) is 0 Å². The van der Waals surface area contributed by atoms with E-state index >= 15 is 0 Å². The van der Waals surface area contributed by atoms with Crippen LogP contribution in [0.2, 0.25) is 0 Å². The number of benzene rings is 18. The fraction of sp³-hybridized carbons (Fsp3) is 0. The fourth-order valence-corrected chi connectivity index (χ4v) is 18.1. The zero-order valence-electron chi connectivity index (χ0n) is 65.0. The van der Waals surface area contributed by atoms with E-state index < -0.39 is 0 Å². The van der Waals surface area contributed by atoms with E-state index in [1.54, 1.807) is 0 Å². The van der Waals surface area contributed by atoms with Gasteiger partial charge >= 0.3 is 0 Å². The molecule has 0 aliphatic heterocycles. The minimum atomic E-state index is 0.637. The van der Waals surface area contributed by atoms with Crippen molar-refractivity contribution in [3.8, 4) is 113 Å². The van der Waals surface area contributed by atoms with Gasteiger partial charge in [0.15, 0.2) is 23.3 Å². The second-order valence-electron chi connectivity index (χ2n) is 30.7. The molecule has 0 atom stereocenters. The van der Waals surface area contributed by atoms with Crippen LogP contribution in [0.15, 0.2) is 431 Å². The third-order valence-corrected chi connectivity index (χ3v) is 23.6. The smallest absolute Gasteiger partial charge is 0.164 e. The van der Waals surface area contributed by atoms with Gasteiger partial charge in [-0.3, -0.25) is 0 Å². The number of hydrogen-bond donors (Lipinski definition) is 0. The molecule has 0 aliphatic rings. The normalized spacial score (nSPS) is 11.7. The summed E-state index contributed by atoms with van der Waals surface area (Å²) in [7, 11) is 0. The van der Waals surface area contributed by atoms with Crippen LogP contribution in [0.3, 0.4) is 0 Å². The summed E-state index contributed by atoms with van der Waals surface area (Å²) in [4.78, 5) is 25.2. The van der Waals surface area contributed by atoms with Crippen LogP contribution in [-0.4, -0.2) is 43.2 Å². The Bertz CT molecular complexity index is 7540. The summed E-state index contributed by atoms with van der Waals surface area (Å²) in [5.41, 5.74) is 26.4. The molecular weight excluding hydrogens is 1460 g/mol. The van der Waals surface area contributed by atoms with Gasteiger partial charge in [-0.25, -0.2) is 24.9 Å². The van der Waals surface area contributed by atoms with Crippen LogP contribution in [-0.2, 0) is 0 Å². The van der Waals surface area contributed by atoms with Crippen molar-refractivity contribution in [3.63, 3.8) is 0 Å². The molecule has 0 radical (unpaired) electrons. The van der Waals surface area contributed by atoms with Crippen molar-refractivity contribution >= 4 is 109 Å². The van der Waals surface area contributed by atoms with Crippen LogP contribution in [0.1, 0.15) is 0 Å². The zero-order chi connectivity index (χ0) is 79.1. The lowest BCUT2D eigenvalue weighted by Gasteiger charge is -2.12. The Morgan fingerprint density at radius 2 is 0.467 bits per heavy atom. The van der Waals surface area contributed by atoms with E-state index in [9.17, 15) is 0 Å². The van der Waals surface area contributed by atoms with Gasteiger partial charge in [0.25, 0.3) is 0 Å². The third kappa shape index (κ3) is 12.0. The monoisotopic (exact) mass is 1530 g/mol. The zero-order valence-corrected chi connectivity index (χ0v) is 65.0. The highest BCUT2D eigenvalue weighted by molar-refractivity contribution is 6.28. The Hall–Kier alpha value is -16.2. The molecular formula is C111H71N9. The van der Waals surface area contributed by atoms with E-state index in [4.69, 9.17) is 24.9 Å². The van der Waals surface area contributed by atoms with Crippen molar-refractivity contribution in [2.24, 2.45) is 0 Å². The quantitative estimate of drug-likeness (QED) is 0.122. The number of aromatic nitrogens is 9. The predicted octanol–water partition coefficient (Wildman–Crippen LogP) is 28.4. The van der Waals surface area contributed by atoms with E-state index in [1.807, 2.05) is 84.9 Å². The lowest BCUT2D eigenvalue weighted by molar-refractivity contribution is 1.07. The molecule has 0 N–H and O–H groups in total. The summed E-state index contributed by atoms with van der Waals surface area (Å²) in [6.07, 6.45) is 0. The second-order valence-corrected chi connectivity index (χ2v) is 30.7. The van der Waals surface area contributed by atoms with E-state index in [2.05, 4.69) is 364 Å². The molecule has 0 unspecified atom stereocenters. The first kappa shape index (κ1) is 69.3. The van der Waals surface area contributed by atoms with Crippen molar-refractivity contribution in [1.82, 2.24) is 43.2 Å². The average Bonchev–Trinajstić information content (AvgIpc) is 1.55. The van der Waals surface area contributed by atoms with Gasteiger partial charge in [-0.2, -0.15) is 0 Å². The van der Waals surface area contributed by atoms with Crippen molar-refractivity contribution in [2.75, 3.05) is 0 Å². The van der Waals surface area contributed by atoms with Gasteiger partial charge in [0.2, 0.25) is 0 Å². The number of fused-ring (bicyclic) bond motifs is 16. The Morgan fingerprint density at radius 1 is 0.150 bits per heavy atom. The highest BCUT2D eigenvalue weighted by atomic mass is 15.0. The maximum absolute atomic E-state index is 5.14. The van der Waals surface area contributed by atoms with Crippen molar-refractivity contribution in [2.45, 2.75) is 0 Å². The topological polar surface area (TPSA) is 84.2 Å². The molecule has 24 aromatic rings. The van der Waals surface area contributed by atoms with Gasteiger partial charge in [-0.15, -0.1) is 0 Å². The van der Waals surface area contributed by atoms with Gasteiger partial charge in [0, 0.05) is 99.2 Å². The van der Waals surface area contributed by atoms with Gasteiger partial charge in [-0.05, 0) is 147 Å². The molecule has 18 aromatic carbocycles. The van der Waals surface area contributed by atoms with Crippen LogP contribution in [0.5, 0.6) is 0 Å². The third-order valence-electron chi connectivity index (χ3n) is 23.6. The molecule has 6 heterocycles. The van der Waals surface area contributed by atoms with Crippen molar-refractivity contribution in [3.05, 3.63) is 431 Å². The number of hydrogen-bond acceptors (Lipinski definition) is 5. The Balaban J connectivity index is 0.000000140. The maximum Gasteiger partial charge on any atom is 0.164 e. The molecule has 24 rings (SSSR count). The molecule has 9 nitrogen and oxygen atoms in total.